The van der Waals surface area contributed by atoms with Crippen LogP contribution in [0.15, 0.2) is 18.2 Å². The molecule has 23 heavy (non-hydrogen) atoms. The van der Waals surface area contributed by atoms with Gasteiger partial charge < -0.3 is 4.74 Å². The van der Waals surface area contributed by atoms with E-state index in [1.54, 1.807) is 11.1 Å². The largest absolute Gasteiger partial charge is 0.380 e. The van der Waals surface area contributed by atoms with Crippen molar-refractivity contribution in [2.45, 2.75) is 71.9 Å². The molecule has 0 radical (unpaired) electrons. The van der Waals surface area contributed by atoms with Crippen LogP contribution in [-0.2, 0) is 10.2 Å². The number of benzene rings is 1. The third-order valence-electron chi connectivity index (χ3n) is 4.83. The monoisotopic (exact) mass is 334 g/mol. The zero-order chi connectivity index (χ0) is 17.4. The van der Waals surface area contributed by atoms with Gasteiger partial charge in [0.15, 0.2) is 0 Å². The van der Waals surface area contributed by atoms with Gasteiger partial charge in [0.25, 0.3) is 0 Å². The van der Waals surface area contributed by atoms with Gasteiger partial charge in [-0.1, -0.05) is 74.6 Å². The van der Waals surface area contributed by atoms with Crippen LogP contribution in [0.1, 0.15) is 83.2 Å². The molecule has 1 saturated heterocycles. The maximum atomic E-state index is 5.38. The lowest BCUT2D eigenvalue weighted by atomic mass is 9.71. The van der Waals surface area contributed by atoms with Gasteiger partial charge in [0.1, 0.15) is 0 Å². The lowest BCUT2D eigenvalue weighted by molar-refractivity contribution is 0.256. The summed E-state index contributed by atoms with van der Waals surface area (Å²) in [6, 6.07) is 7.33. The summed E-state index contributed by atoms with van der Waals surface area (Å²) in [5.74, 6) is 0.593. The molecule has 1 aliphatic rings. The van der Waals surface area contributed by atoms with Gasteiger partial charge in [-0.15, -0.1) is 0 Å². The SMILES string of the molecule is COCP1CC1c1ccc(C(C)(C)CC(C)(C)C)cc1C(C)C. The summed E-state index contributed by atoms with van der Waals surface area (Å²) in [7, 11) is 1.92. The minimum atomic E-state index is 0.0867. The smallest absolute Gasteiger partial charge is 0.0661 e. The van der Waals surface area contributed by atoms with Crippen molar-refractivity contribution in [1.82, 2.24) is 0 Å². The van der Waals surface area contributed by atoms with Crippen LogP contribution >= 0.6 is 7.92 Å². The molecule has 0 bridgehead atoms. The Balaban J connectivity index is 2.30. The Kier molecular flexibility index (Phi) is 5.64. The summed E-state index contributed by atoms with van der Waals surface area (Å²) < 4.78 is 5.38. The molecule has 0 spiro atoms. The topological polar surface area (TPSA) is 9.23 Å². The zero-order valence-corrected chi connectivity index (χ0v) is 17.3. The highest BCUT2D eigenvalue weighted by Crippen LogP contribution is 2.69. The Bertz CT molecular complexity index is 539. The van der Waals surface area contributed by atoms with Crippen LogP contribution in [0.5, 0.6) is 0 Å². The Morgan fingerprint density at radius 3 is 2.35 bits per heavy atom. The summed E-state index contributed by atoms with van der Waals surface area (Å²) in [6.45, 7) is 16.5. The van der Waals surface area contributed by atoms with Gasteiger partial charge in [-0.2, -0.15) is 0 Å². The molecule has 1 nitrogen and oxygen atoms in total. The first kappa shape index (κ1) is 18.9. The maximum absolute atomic E-state index is 5.38. The van der Waals surface area contributed by atoms with Crippen LogP contribution in [-0.4, -0.2) is 19.6 Å². The van der Waals surface area contributed by atoms with Crippen molar-refractivity contribution in [2.24, 2.45) is 5.41 Å². The maximum Gasteiger partial charge on any atom is 0.0661 e. The highest BCUT2D eigenvalue weighted by Gasteiger charge is 2.39. The van der Waals surface area contributed by atoms with Gasteiger partial charge in [0, 0.05) is 12.8 Å². The van der Waals surface area contributed by atoms with Gasteiger partial charge in [-0.25, -0.2) is 0 Å². The second-order valence-corrected chi connectivity index (χ2v) is 11.7. The summed E-state index contributed by atoms with van der Waals surface area (Å²) in [6.07, 6.45) is 3.53. The quantitative estimate of drug-likeness (QED) is 0.528. The molecule has 2 rings (SSSR count). The number of hydrogen-bond donors (Lipinski definition) is 0. The molecule has 0 aromatic heterocycles. The van der Waals surface area contributed by atoms with Crippen LogP contribution in [0, 0.1) is 5.41 Å². The third kappa shape index (κ3) is 4.80. The van der Waals surface area contributed by atoms with Gasteiger partial charge >= 0.3 is 0 Å². The third-order valence-corrected chi connectivity index (χ3v) is 7.13. The lowest BCUT2D eigenvalue weighted by Crippen LogP contribution is -2.25. The summed E-state index contributed by atoms with van der Waals surface area (Å²) in [5.41, 5.74) is 6.01. The van der Waals surface area contributed by atoms with E-state index < -0.39 is 0 Å². The van der Waals surface area contributed by atoms with Gasteiger partial charge in [0.2, 0.25) is 0 Å². The molecule has 1 fully saturated rings. The average molecular weight is 334 g/mol. The van der Waals surface area contributed by atoms with Crippen molar-refractivity contribution < 1.29 is 4.74 Å². The van der Waals surface area contributed by atoms with E-state index >= 15 is 0 Å². The Morgan fingerprint density at radius 1 is 1.17 bits per heavy atom. The molecule has 0 aliphatic carbocycles. The molecule has 0 amide bonds. The van der Waals surface area contributed by atoms with Crippen molar-refractivity contribution in [3.05, 3.63) is 34.9 Å². The summed E-state index contributed by atoms with van der Waals surface area (Å²) >= 11 is 0. The molecule has 2 heteroatoms. The predicted octanol–water partition coefficient (Wildman–Crippen LogP) is 6.66. The minimum Gasteiger partial charge on any atom is -0.380 e. The van der Waals surface area contributed by atoms with Crippen LogP contribution in [0.3, 0.4) is 0 Å². The average Bonchev–Trinajstić information content (AvgIpc) is 3.15. The van der Waals surface area contributed by atoms with E-state index in [4.69, 9.17) is 4.74 Å². The summed E-state index contributed by atoms with van der Waals surface area (Å²) in [5, 5.41) is 0. The van der Waals surface area contributed by atoms with Gasteiger partial charge in [0.05, 0.1) is 6.35 Å². The summed E-state index contributed by atoms with van der Waals surface area (Å²) in [4.78, 5) is 0. The minimum absolute atomic E-state index is 0.0867. The number of methoxy groups -OCH3 is 1. The fourth-order valence-corrected chi connectivity index (χ4v) is 6.14. The van der Waals surface area contributed by atoms with Gasteiger partial charge in [-0.3, -0.25) is 0 Å². The Morgan fingerprint density at radius 2 is 1.83 bits per heavy atom. The zero-order valence-electron chi connectivity index (χ0n) is 16.4. The highest BCUT2D eigenvalue weighted by atomic mass is 31.1. The van der Waals surface area contributed by atoms with Gasteiger partial charge in [-0.05, 0) is 46.0 Å². The first-order chi connectivity index (χ1) is 10.5. The molecule has 0 saturated carbocycles. The van der Waals surface area contributed by atoms with Crippen molar-refractivity contribution in [3.63, 3.8) is 0 Å². The Labute approximate surface area is 145 Å². The first-order valence-electron chi connectivity index (χ1n) is 8.92. The van der Waals surface area contributed by atoms with E-state index in [2.05, 4.69) is 66.7 Å². The molecule has 2 atom stereocenters. The van der Waals surface area contributed by atoms with Crippen molar-refractivity contribution in [3.8, 4) is 0 Å². The van der Waals surface area contributed by atoms with E-state index in [9.17, 15) is 0 Å². The van der Waals surface area contributed by atoms with E-state index in [1.807, 2.05) is 7.11 Å². The molecule has 1 heterocycles. The second kappa shape index (κ2) is 6.85. The molecule has 0 N–H and O–H groups in total. The van der Waals surface area contributed by atoms with Crippen LogP contribution in [0.2, 0.25) is 0 Å². The fourth-order valence-electron chi connectivity index (χ4n) is 4.01. The molecular weight excluding hydrogens is 299 g/mol. The molecule has 1 aromatic rings. The van der Waals surface area contributed by atoms with E-state index in [-0.39, 0.29) is 13.3 Å². The van der Waals surface area contributed by atoms with Crippen LogP contribution in [0.25, 0.3) is 0 Å². The number of hydrogen-bond acceptors (Lipinski definition) is 1. The standard InChI is InChI=1S/C21H35OP/c1-15(2)18-11-16(21(6,7)13-20(3,4)5)9-10-17(18)19-12-23(19)14-22-8/h9-11,15,19H,12-14H2,1-8H3. The van der Waals surface area contributed by atoms with Crippen LogP contribution in [0.4, 0.5) is 0 Å². The molecule has 2 unspecified atom stereocenters. The van der Waals surface area contributed by atoms with Crippen molar-refractivity contribution in [1.29, 1.82) is 0 Å². The Hall–Kier alpha value is -0.390. The normalized spacial score (nSPS) is 21.8. The highest BCUT2D eigenvalue weighted by molar-refractivity contribution is 7.65. The number of ether oxygens (including phenoxy) is 1. The second-order valence-electron chi connectivity index (χ2n) is 9.32. The molecular formula is C21H35OP. The number of rotatable bonds is 6. The van der Waals surface area contributed by atoms with Crippen molar-refractivity contribution in [2.75, 3.05) is 19.6 Å². The predicted molar refractivity (Wildman–Crippen MR) is 104 cm³/mol. The molecule has 130 valence electrons. The van der Waals surface area contributed by atoms with E-state index in [0.717, 1.165) is 12.0 Å². The first-order valence-corrected chi connectivity index (χ1v) is 10.7. The molecule has 1 aromatic carbocycles. The fraction of sp³-hybridized carbons (Fsp3) is 0.714. The molecule has 1 aliphatic heterocycles. The lowest BCUT2D eigenvalue weighted by Gasteiger charge is -2.34. The van der Waals surface area contributed by atoms with Crippen molar-refractivity contribution >= 4 is 7.92 Å². The van der Waals surface area contributed by atoms with E-state index in [0.29, 0.717) is 11.3 Å². The van der Waals surface area contributed by atoms with E-state index in [1.165, 1.54) is 18.1 Å². The van der Waals surface area contributed by atoms with Crippen LogP contribution < -0.4 is 0 Å².